The van der Waals surface area contributed by atoms with E-state index in [9.17, 15) is 0 Å². The molecule has 0 saturated heterocycles. The maximum Gasteiger partial charge on any atom is 0.0537 e. The van der Waals surface area contributed by atoms with Gasteiger partial charge in [-0.15, -0.1) is 0 Å². The molecule has 1 atom stereocenters. The predicted molar refractivity (Wildman–Crippen MR) is 45.0 cm³/mol. The monoisotopic (exact) mass is 153 g/mol. The predicted octanol–water partition coefficient (Wildman–Crippen LogP) is 1.08. The van der Waals surface area contributed by atoms with Crippen molar-refractivity contribution in [3.63, 3.8) is 0 Å². The summed E-state index contributed by atoms with van der Waals surface area (Å²) in [4.78, 5) is 0. The Bertz CT molecular complexity index is 227. The molecule has 0 amide bonds. The number of nitrogens with two attached hydrogens (primary N) is 1. The van der Waals surface area contributed by atoms with Gasteiger partial charge in [0.05, 0.1) is 6.20 Å². The molecule has 0 aliphatic carbocycles. The van der Waals surface area contributed by atoms with Crippen molar-refractivity contribution >= 4 is 0 Å². The lowest BCUT2D eigenvalue weighted by Crippen LogP contribution is -2.15. The lowest BCUT2D eigenvalue weighted by atomic mass is 10.0. The van der Waals surface area contributed by atoms with Crippen molar-refractivity contribution < 1.29 is 0 Å². The van der Waals surface area contributed by atoms with E-state index in [1.54, 1.807) is 4.68 Å². The number of aryl methyl sites for hydroxylation is 1. The largest absolute Gasteiger partial charge is 0.324 e. The highest BCUT2D eigenvalue weighted by atomic mass is 15.2. The fourth-order valence-corrected chi connectivity index (χ4v) is 0.997. The van der Waals surface area contributed by atoms with Gasteiger partial charge in [0.2, 0.25) is 0 Å². The topological polar surface area (TPSA) is 43.8 Å². The second kappa shape index (κ2) is 3.05. The van der Waals surface area contributed by atoms with Gasteiger partial charge in [0.25, 0.3) is 0 Å². The summed E-state index contributed by atoms with van der Waals surface area (Å²) in [5.74, 6) is 0.471. The number of nitrogens with zero attached hydrogens (tertiary/aromatic N) is 2. The van der Waals surface area contributed by atoms with Crippen molar-refractivity contribution in [2.75, 3.05) is 0 Å². The highest BCUT2D eigenvalue weighted by Crippen LogP contribution is 2.16. The molecule has 0 saturated carbocycles. The van der Waals surface area contributed by atoms with Crippen LogP contribution in [0.3, 0.4) is 0 Å². The van der Waals surface area contributed by atoms with E-state index in [1.165, 1.54) is 0 Å². The van der Waals surface area contributed by atoms with Gasteiger partial charge in [0, 0.05) is 24.8 Å². The molecule has 0 aliphatic rings. The summed E-state index contributed by atoms with van der Waals surface area (Å²) >= 11 is 0. The lowest BCUT2D eigenvalue weighted by Gasteiger charge is -2.12. The standard InChI is InChI=1S/C8H15N3/c1-6(2)8(9)7-4-10-11(3)5-7/h4-6,8H,9H2,1-3H3/t8-/m0/s1. The van der Waals surface area contributed by atoms with Crippen molar-refractivity contribution in [3.05, 3.63) is 18.0 Å². The average molecular weight is 153 g/mol. The fraction of sp³-hybridized carbons (Fsp3) is 0.625. The summed E-state index contributed by atoms with van der Waals surface area (Å²) in [6, 6.07) is 0.115. The van der Waals surface area contributed by atoms with Crippen molar-refractivity contribution in [2.45, 2.75) is 19.9 Å². The van der Waals surface area contributed by atoms with Crippen LogP contribution in [0.2, 0.25) is 0 Å². The van der Waals surface area contributed by atoms with Crippen molar-refractivity contribution in [3.8, 4) is 0 Å². The molecule has 0 spiro atoms. The van der Waals surface area contributed by atoms with Gasteiger partial charge in [-0.2, -0.15) is 5.10 Å². The molecule has 0 unspecified atom stereocenters. The van der Waals surface area contributed by atoms with E-state index in [-0.39, 0.29) is 6.04 Å². The SMILES string of the molecule is CC(C)[C@H](N)c1cnn(C)c1. The molecule has 0 aromatic carbocycles. The molecule has 2 N–H and O–H groups in total. The molecule has 3 nitrogen and oxygen atoms in total. The van der Waals surface area contributed by atoms with Crippen LogP contribution in [0.1, 0.15) is 25.5 Å². The summed E-state index contributed by atoms with van der Waals surface area (Å²) in [7, 11) is 1.90. The quantitative estimate of drug-likeness (QED) is 0.690. The lowest BCUT2D eigenvalue weighted by molar-refractivity contribution is 0.514. The van der Waals surface area contributed by atoms with Crippen molar-refractivity contribution in [1.82, 2.24) is 9.78 Å². The van der Waals surface area contributed by atoms with Crippen LogP contribution in [-0.2, 0) is 7.05 Å². The van der Waals surface area contributed by atoms with E-state index in [4.69, 9.17) is 5.73 Å². The molecule has 62 valence electrons. The first kappa shape index (κ1) is 8.27. The zero-order chi connectivity index (χ0) is 8.43. The third-order valence-corrected chi connectivity index (χ3v) is 1.83. The maximum absolute atomic E-state index is 5.90. The third kappa shape index (κ3) is 1.80. The van der Waals surface area contributed by atoms with Crippen LogP contribution in [0.5, 0.6) is 0 Å². The average Bonchev–Trinajstić information content (AvgIpc) is 2.34. The highest BCUT2D eigenvalue weighted by Gasteiger charge is 2.11. The molecule has 1 rings (SSSR count). The Morgan fingerprint density at radius 1 is 1.55 bits per heavy atom. The first-order chi connectivity index (χ1) is 5.11. The molecule has 1 heterocycles. The summed E-state index contributed by atoms with van der Waals surface area (Å²) in [6.45, 7) is 4.22. The van der Waals surface area contributed by atoms with Crippen LogP contribution in [0.4, 0.5) is 0 Å². The van der Waals surface area contributed by atoms with Crippen molar-refractivity contribution in [1.29, 1.82) is 0 Å². The molecule has 1 aromatic rings. The van der Waals surface area contributed by atoms with E-state index in [0.29, 0.717) is 5.92 Å². The number of aromatic nitrogens is 2. The van der Waals surface area contributed by atoms with Crippen LogP contribution < -0.4 is 5.73 Å². The van der Waals surface area contributed by atoms with Gasteiger partial charge >= 0.3 is 0 Å². The molecular formula is C8H15N3. The Labute approximate surface area is 67.2 Å². The van der Waals surface area contributed by atoms with Gasteiger partial charge in [-0.05, 0) is 5.92 Å². The summed E-state index contributed by atoms with van der Waals surface area (Å²) < 4.78 is 1.78. The van der Waals surface area contributed by atoms with E-state index < -0.39 is 0 Å². The van der Waals surface area contributed by atoms with Crippen LogP contribution in [0.15, 0.2) is 12.4 Å². The van der Waals surface area contributed by atoms with E-state index in [2.05, 4.69) is 18.9 Å². The van der Waals surface area contributed by atoms with Gasteiger partial charge in [0.1, 0.15) is 0 Å². The van der Waals surface area contributed by atoms with Crippen LogP contribution in [0, 0.1) is 5.92 Å². The number of rotatable bonds is 2. The minimum Gasteiger partial charge on any atom is -0.324 e. The summed E-state index contributed by atoms with van der Waals surface area (Å²) in [5.41, 5.74) is 7.01. The number of hydrogen-bond acceptors (Lipinski definition) is 2. The first-order valence-electron chi connectivity index (χ1n) is 3.85. The zero-order valence-electron chi connectivity index (χ0n) is 7.28. The fourth-order valence-electron chi connectivity index (χ4n) is 0.997. The Morgan fingerprint density at radius 2 is 2.18 bits per heavy atom. The van der Waals surface area contributed by atoms with Crippen molar-refractivity contribution in [2.24, 2.45) is 18.7 Å². The van der Waals surface area contributed by atoms with Gasteiger partial charge in [-0.3, -0.25) is 4.68 Å². The van der Waals surface area contributed by atoms with Crippen LogP contribution >= 0.6 is 0 Å². The molecule has 1 aromatic heterocycles. The van der Waals surface area contributed by atoms with E-state index >= 15 is 0 Å². The second-order valence-electron chi connectivity index (χ2n) is 3.22. The first-order valence-corrected chi connectivity index (χ1v) is 3.85. The van der Waals surface area contributed by atoms with E-state index in [0.717, 1.165) is 5.56 Å². The molecule has 0 radical (unpaired) electrons. The van der Waals surface area contributed by atoms with E-state index in [1.807, 2.05) is 19.4 Å². The Balaban J connectivity index is 2.76. The smallest absolute Gasteiger partial charge is 0.0537 e. The van der Waals surface area contributed by atoms with Gasteiger partial charge < -0.3 is 5.73 Å². The van der Waals surface area contributed by atoms with Gasteiger partial charge in [0.15, 0.2) is 0 Å². The zero-order valence-corrected chi connectivity index (χ0v) is 7.28. The molecule has 0 aliphatic heterocycles. The highest BCUT2D eigenvalue weighted by molar-refractivity contribution is 5.09. The Kier molecular flexibility index (Phi) is 2.29. The van der Waals surface area contributed by atoms with Gasteiger partial charge in [-0.1, -0.05) is 13.8 Å². The number of hydrogen-bond donors (Lipinski definition) is 1. The Morgan fingerprint density at radius 3 is 2.55 bits per heavy atom. The van der Waals surface area contributed by atoms with Crippen LogP contribution in [0.25, 0.3) is 0 Å². The van der Waals surface area contributed by atoms with Gasteiger partial charge in [-0.25, -0.2) is 0 Å². The maximum atomic E-state index is 5.90. The molecular weight excluding hydrogens is 138 g/mol. The summed E-state index contributed by atoms with van der Waals surface area (Å²) in [6.07, 6.45) is 3.79. The molecule has 11 heavy (non-hydrogen) atoms. The van der Waals surface area contributed by atoms with Crippen LogP contribution in [-0.4, -0.2) is 9.78 Å². The summed E-state index contributed by atoms with van der Waals surface area (Å²) in [5, 5.41) is 4.06. The normalized spacial score (nSPS) is 13.9. The Hall–Kier alpha value is -0.830. The minimum absolute atomic E-state index is 0.115. The third-order valence-electron chi connectivity index (χ3n) is 1.83. The molecule has 3 heteroatoms. The second-order valence-corrected chi connectivity index (χ2v) is 3.22. The molecule has 0 fully saturated rings. The minimum atomic E-state index is 0.115. The molecule has 0 bridgehead atoms.